The van der Waals surface area contributed by atoms with Crippen molar-refractivity contribution in [2.45, 2.75) is 38.6 Å². The van der Waals surface area contributed by atoms with E-state index in [0.717, 1.165) is 18.4 Å². The maximum atomic E-state index is 12.7. The Morgan fingerprint density at radius 2 is 2.11 bits per heavy atom. The van der Waals surface area contributed by atoms with E-state index in [0.29, 0.717) is 30.5 Å². The molecule has 3 amide bonds. The fourth-order valence-corrected chi connectivity index (χ4v) is 3.68. The molecular formula is C19H23N5O3. The average Bonchev–Trinajstić information content (AvgIpc) is 3.30. The minimum atomic E-state index is -0.172. The Hall–Kier alpha value is -2.90. The number of fused-ring (bicyclic) bond motifs is 1. The highest BCUT2D eigenvalue weighted by Gasteiger charge is 2.42. The van der Waals surface area contributed by atoms with E-state index in [1.54, 1.807) is 4.90 Å². The first-order chi connectivity index (χ1) is 13.0. The molecule has 3 heterocycles. The van der Waals surface area contributed by atoms with Gasteiger partial charge < -0.3 is 20.1 Å². The molecule has 2 N–H and O–H groups in total. The molecule has 4 rings (SSSR count). The quantitative estimate of drug-likeness (QED) is 0.866. The van der Waals surface area contributed by atoms with Crippen molar-refractivity contribution in [2.24, 2.45) is 5.92 Å². The highest BCUT2D eigenvalue weighted by atomic mass is 16.5. The van der Waals surface area contributed by atoms with Crippen LogP contribution in [-0.2, 0) is 4.79 Å². The summed E-state index contributed by atoms with van der Waals surface area (Å²) >= 11 is 0. The van der Waals surface area contributed by atoms with Gasteiger partial charge in [-0.3, -0.25) is 4.79 Å². The molecule has 2 aliphatic heterocycles. The van der Waals surface area contributed by atoms with E-state index in [2.05, 4.69) is 20.8 Å². The van der Waals surface area contributed by atoms with Gasteiger partial charge >= 0.3 is 6.03 Å². The summed E-state index contributed by atoms with van der Waals surface area (Å²) in [6, 6.07) is 7.07. The van der Waals surface area contributed by atoms with Crippen molar-refractivity contribution in [1.29, 1.82) is 0 Å². The fourth-order valence-electron chi connectivity index (χ4n) is 3.68. The summed E-state index contributed by atoms with van der Waals surface area (Å²) in [7, 11) is 0. The Balaban J connectivity index is 1.43. The lowest BCUT2D eigenvalue weighted by molar-refractivity contribution is -0.123. The van der Waals surface area contributed by atoms with Crippen molar-refractivity contribution in [1.82, 2.24) is 20.4 Å². The molecule has 142 valence electrons. The standard InChI is InChI=1S/C19H23N5O3/c1-11(2)16-22-18(27-23-16)12-5-7-13(8-6-12)21-19(26)24-9-3-4-14-15(24)10-20-17(14)25/h5-8,11,14-15H,3-4,9-10H2,1-2H3,(H,20,25)(H,21,26)/t14-,15+/m1/s1. The molecule has 1 aromatic heterocycles. The van der Waals surface area contributed by atoms with Gasteiger partial charge in [0.2, 0.25) is 5.91 Å². The fraction of sp³-hybridized carbons (Fsp3) is 0.474. The molecular weight excluding hydrogens is 346 g/mol. The number of aromatic nitrogens is 2. The summed E-state index contributed by atoms with van der Waals surface area (Å²) in [5, 5.41) is 9.75. The molecule has 8 heteroatoms. The smallest absolute Gasteiger partial charge is 0.322 e. The van der Waals surface area contributed by atoms with Gasteiger partial charge in [0.1, 0.15) is 0 Å². The normalized spacial score (nSPS) is 21.9. The number of rotatable bonds is 3. The van der Waals surface area contributed by atoms with Crippen LogP contribution in [0.15, 0.2) is 28.8 Å². The number of anilines is 1. The van der Waals surface area contributed by atoms with Crippen LogP contribution >= 0.6 is 0 Å². The van der Waals surface area contributed by atoms with E-state index in [4.69, 9.17) is 4.52 Å². The first kappa shape index (κ1) is 17.5. The van der Waals surface area contributed by atoms with Gasteiger partial charge in [0.15, 0.2) is 5.82 Å². The summed E-state index contributed by atoms with van der Waals surface area (Å²) in [5.41, 5.74) is 1.49. The lowest BCUT2D eigenvalue weighted by Gasteiger charge is -2.35. The van der Waals surface area contributed by atoms with E-state index in [9.17, 15) is 9.59 Å². The van der Waals surface area contributed by atoms with Crippen molar-refractivity contribution in [3.05, 3.63) is 30.1 Å². The zero-order valence-corrected chi connectivity index (χ0v) is 15.4. The van der Waals surface area contributed by atoms with Crippen LogP contribution in [0.1, 0.15) is 38.4 Å². The number of carbonyl (C=O) groups is 2. The van der Waals surface area contributed by atoms with Gasteiger partial charge in [0, 0.05) is 30.3 Å². The average molecular weight is 369 g/mol. The topological polar surface area (TPSA) is 100 Å². The number of urea groups is 1. The SMILES string of the molecule is CC(C)c1noc(-c2ccc(NC(=O)N3CCC[C@H]4C(=O)NC[C@@H]43)cc2)n1. The van der Waals surface area contributed by atoms with Crippen LogP contribution in [0.5, 0.6) is 0 Å². The van der Waals surface area contributed by atoms with Gasteiger partial charge in [0.25, 0.3) is 5.89 Å². The minimum absolute atomic E-state index is 0.0571. The zero-order valence-electron chi connectivity index (χ0n) is 15.4. The van der Waals surface area contributed by atoms with Gasteiger partial charge in [0.05, 0.1) is 12.0 Å². The predicted molar refractivity (Wildman–Crippen MR) is 99.1 cm³/mol. The molecule has 0 bridgehead atoms. The Kier molecular flexibility index (Phi) is 4.55. The number of nitrogens with zero attached hydrogens (tertiary/aromatic N) is 3. The maximum Gasteiger partial charge on any atom is 0.322 e. The van der Waals surface area contributed by atoms with Crippen LogP contribution in [-0.4, -0.2) is 46.1 Å². The summed E-state index contributed by atoms with van der Waals surface area (Å²) in [6.45, 7) is 5.21. The van der Waals surface area contributed by atoms with Crippen molar-refractivity contribution >= 4 is 17.6 Å². The molecule has 2 aliphatic rings. The molecule has 0 spiro atoms. The number of nitrogens with one attached hydrogen (secondary N) is 2. The van der Waals surface area contributed by atoms with E-state index in [1.165, 1.54) is 0 Å². The lowest BCUT2D eigenvalue weighted by atomic mass is 9.92. The summed E-state index contributed by atoms with van der Waals surface area (Å²) in [5.74, 6) is 1.31. The van der Waals surface area contributed by atoms with E-state index in [1.807, 2.05) is 38.1 Å². The summed E-state index contributed by atoms with van der Waals surface area (Å²) < 4.78 is 5.29. The Bertz CT molecular complexity index is 845. The van der Waals surface area contributed by atoms with Crippen LogP contribution in [0.4, 0.5) is 10.5 Å². The molecule has 0 unspecified atom stereocenters. The number of hydrogen-bond acceptors (Lipinski definition) is 5. The van der Waals surface area contributed by atoms with E-state index in [-0.39, 0.29) is 29.8 Å². The van der Waals surface area contributed by atoms with Gasteiger partial charge in [-0.1, -0.05) is 19.0 Å². The maximum absolute atomic E-state index is 12.7. The van der Waals surface area contributed by atoms with Crippen molar-refractivity contribution in [3.63, 3.8) is 0 Å². The largest absolute Gasteiger partial charge is 0.354 e. The number of hydrogen-bond donors (Lipinski definition) is 2. The van der Waals surface area contributed by atoms with Crippen LogP contribution in [0.2, 0.25) is 0 Å². The van der Waals surface area contributed by atoms with E-state index >= 15 is 0 Å². The molecule has 2 saturated heterocycles. The first-order valence-corrected chi connectivity index (χ1v) is 9.32. The van der Waals surface area contributed by atoms with Gasteiger partial charge in [-0.05, 0) is 37.1 Å². The van der Waals surface area contributed by atoms with Crippen LogP contribution in [0.25, 0.3) is 11.5 Å². The zero-order chi connectivity index (χ0) is 19.0. The molecule has 0 saturated carbocycles. The number of piperidine rings is 1. The minimum Gasteiger partial charge on any atom is -0.354 e. The monoisotopic (exact) mass is 369 g/mol. The molecule has 0 aliphatic carbocycles. The molecule has 27 heavy (non-hydrogen) atoms. The second kappa shape index (κ2) is 7.02. The van der Waals surface area contributed by atoms with Crippen molar-refractivity contribution in [2.75, 3.05) is 18.4 Å². The van der Waals surface area contributed by atoms with E-state index < -0.39 is 0 Å². The molecule has 2 atom stereocenters. The molecule has 8 nitrogen and oxygen atoms in total. The lowest BCUT2D eigenvalue weighted by Crippen LogP contribution is -2.50. The van der Waals surface area contributed by atoms with Crippen LogP contribution in [0, 0.1) is 5.92 Å². The number of carbonyl (C=O) groups excluding carboxylic acids is 2. The highest BCUT2D eigenvalue weighted by molar-refractivity contribution is 5.91. The number of amides is 3. The second-order valence-corrected chi connectivity index (χ2v) is 7.37. The third-order valence-electron chi connectivity index (χ3n) is 5.20. The Morgan fingerprint density at radius 1 is 1.33 bits per heavy atom. The van der Waals surface area contributed by atoms with Crippen molar-refractivity contribution in [3.8, 4) is 11.5 Å². The van der Waals surface area contributed by atoms with Gasteiger partial charge in [-0.25, -0.2) is 4.79 Å². The van der Waals surface area contributed by atoms with Gasteiger partial charge in [-0.15, -0.1) is 0 Å². The summed E-state index contributed by atoms with van der Waals surface area (Å²) in [6.07, 6.45) is 1.69. The number of benzene rings is 1. The molecule has 2 aromatic rings. The Labute approximate surface area is 157 Å². The molecule has 2 fully saturated rings. The number of likely N-dealkylation sites (tertiary alicyclic amines) is 1. The molecule has 0 radical (unpaired) electrons. The Morgan fingerprint density at radius 3 is 2.81 bits per heavy atom. The predicted octanol–water partition coefficient (Wildman–Crippen LogP) is 2.60. The van der Waals surface area contributed by atoms with Gasteiger partial charge in [-0.2, -0.15) is 4.98 Å². The van der Waals surface area contributed by atoms with Crippen LogP contribution in [0.3, 0.4) is 0 Å². The summed E-state index contributed by atoms with van der Waals surface area (Å²) in [4.78, 5) is 30.7. The molecule has 1 aromatic carbocycles. The third kappa shape index (κ3) is 3.39. The highest BCUT2D eigenvalue weighted by Crippen LogP contribution is 2.28. The second-order valence-electron chi connectivity index (χ2n) is 7.37. The third-order valence-corrected chi connectivity index (χ3v) is 5.20. The van der Waals surface area contributed by atoms with Crippen LogP contribution < -0.4 is 10.6 Å². The van der Waals surface area contributed by atoms with Crippen molar-refractivity contribution < 1.29 is 14.1 Å². The first-order valence-electron chi connectivity index (χ1n) is 9.32.